The highest BCUT2D eigenvalue weighted by atomic mass is 16.8. The summed E-state index contributed by atoms with van der Waals surface area (Å²) in [5.74, 6) is -0.966. The number of benzene rings is 2. The first-order valence-electron chi connectivity index (χ1n) is 14.6. The molecule has 2 atom stereocenters. The average molecular weight is 609 g/mol. The fraction of sp³-hybridized carbons (Fsp3) is 0.406. The van der Waals surface area contributed by atoms with Crippen LogP contribution in [-0.2, 0) is 38.4 Å². The van der Waals surface area contributed by atoms with E-state index in [0.29, 0.717) is 25.1 Å². The molecule has 0 saturated heterocycles. The number of nitrogens with zero attached hydrogens (tertiary/aromatic N) is 2. The van der Waals surface area contributed by atoms with Gasteiger partial charge in [-0.2, -0.15) is 0 Å². The Morgan fingerprint density at radius 1 is 0.932 bits per heavy atom. The molecule has 0 fully saturated rings. The van der Waals surface area contributed by atoms with E-state index in [4.69, 9.17) is 19.4 Å². The third-order valence-electron chi connectivity index (χ3n) is 6.54. The Balaban J connectivity index is 1.75. The first-order chi connectivity index (χ1) is 21.1. The number of aryl methyl sites for hydroxylation is 1. The van der Waals surface area contributed by atoms with E-state index in [1.807, 2.05) is 34.9 Å². The number of hydrogen-bond acceptors (Lipinski definition) is 9. The molecule has 236 valence electrons. The van der Waals surface area contributed by atoms with Gasteiger partial charge in [-0.25, -0.2) is 20.1 Å². The van der Waals surface area contributed by atoms with Crippen molar-refractivity contribution in [3.05, 3.63) is 89.0 Å². The molecule has 2 unspecified atom stereocenters. The van der Waals surface area contributed by atoms with E-state index < -0.39 is 36.3 Å². The number of unbranched alkanes of at least 4 members (excludes halogenated alkanes) is 1. The number of hydroxylamine groups is 1. The summed E-state index contributed by atoms with van der Waals surface area (Å²) in [5, 5.41) is 12.0. The van der Waals surface area contributed by atoms with Crippen LogP contribution in [0.15, 0.2) is 60.8 Å². The lowest BCUT2D eigenvalue weighted by atomic mass is 10.0. The van der Waals surface area contributed by atoms with Gasteiger partial charge >= 0.3 is 12.1 Å². The van der Waals surface area contributed by atoms with Crippen LogP contribution in [0.5, 0.6) is 0 Å². The summed E-state index contributed by atoms with van der Waals surface area (Å²) >= 11 is 0. The highest BCUT2D eigenvalue weighted by Crippen LogP contribution is 2.16. The molecule has 1 heterocycles. The Morgan fingerprint density at radius 2 is 1.64 bits per heavy atom. The van der Waals surface area contributed by atoms with Crippen LogP contribution in [-0.4, -0.2) is 57.1 Å². The van der Waals surface area contributed by atoms with Crippen LogP contribution in [0.25, 0.3) is 0 Å². The lowest BCUT2D eigenvalue weighted by Gasteiger charge is -2.19. The molecule has 44 heavy (non-hydrogen) atoms. The lowest BCUT2D eigenvalue weighted by molar-refractivity contribution is -0.129. The van der Waals surface area contributed by atoms with Crippen LogP contribution >= 0.6 is 0 Å². The Bertz CT molecular complexity index is 1390. The van der Waals surface area contributed by atoms with Gasteiger partial charge in [-0.1, -0.05) is 55.8 Å². The van der Waals surface area contributed by atoms with Gasteiger partial charge in [0.05, 0.1) is 17.9 Å². The van der Waals surface area contributed by atoms with Crippen LogP contribution in [0.4, 0.5) is 4.79 Å². The first-order valence-corrected chi connectivity index (χ1v) is 14.6. The van der Waals surface area contributed by atoms with Crippen LogP contribution in [0.3, 0.4) is 0 Å². The largest absolute Gasteiger partial charge is 0.511 e. The molecular weight excluding hydrogens is 568 g/mol. The van der Waals surface area contributed by atoms with Crippen molar-refractivity contribution >= 4 is 23.9 Å². The number of aromatic nitrogens is 2. The molecule has 0 spiro atoms. The van der Waals surface area contributed by atoms with Gasteiger partial charge in [0.2, 0.25) is 12.2 Å². The van der Waals surface area contributed by atoms with Crippen molar-refractivity contribution in [2.45, 2.75) is 84.8 Å². The summed E-state index contributed by atoms with van der Waals surface area (Å²) < 4.78 is 16.8. The molecule has 0 bridgehead atoms. The second-order valence-electron chi connectivity index (χ2n) is 10.6. The average Bonchev–Trinajstić information content (AvgIpc) is 3.38. The van der Waals surface area contributed by atoms with E-state index in [9.17, 15) is 19.2 Å². The quantitative estimate of drug-likeness (QED) is 0.0972. The second kappa shape index (κ2) is 16.8. The lowest BCUT2D eigenvalue weighted by Crippen LogP contribution is -2.41. The van der Waals surface area contributed by atoms with E-state index in [0.717, 1.165) is 29.8 Å². The maximum absolute atomic E-state index is 13.5. The van der Waals surface area contributed by atoms with E-state index in [1.165, 1.54) is 13.1 Å². The minimum Gasteiger partial charge on any atom is -0.431 e. The number of hydrogen-bond donors (Lipinski definition) is 3. The molecule has 0 aliphatic rings. The first kappa shape index (κ1) is 33.8. The summed E-state index contributed by atoms with van der Waals surface area (Å²) in [7, 11) is 0. The Kier molecular flexibility index (Phi) is 12.9. The number of ether oxygens (including phenoxy) is 3. The highest BCUT2D eigenvalue weighted by Gasteiger charge is 2.23. The van der Waals surface area contributed by atoms with Crippen molar-refractivity contribution in [3.63, 3.8) is 0 Å². The van der Waals surface area contributed by atoms with Gasteiger partial charge in [-0.3, -0.25) is 14.8 Å². The predicted octanol–water partition coefficient (Wildman–Crippen LogP) is 4.58. The third-order valence-corrected chi connectivity index (χ3v) is 6.54. The molecule has 1 aromatic heterocycles. The molecule has 2 amide bonds. The van der Waals surface area contributed by atoms with Crippen molar-refractivity contribution in [3.8, 4) is 0 Å². The Hall–Kier alpha value is -4.71. The maximum Gasteiger partial charge on any atom is 0.511 e. The SMILES string of the molecule is CCCCc1ncc(C(=O)NC(CC(=O)NO)Cc2ccccc2)n1Cc1ccc(C(=O)OC(C)OC(=O)OC(C)C)cc1. The molecule has 0 saturated carbocycles. The van der Waals surface area contributed by atoms with E-state index >= 15 is 0 Å². The zero-order chi connectivity index (χ0) is 32.1. The zero-order valence-corrected chi connectivity index (χ0v) is 25.4. The van der Waals surface area contributed by atoms with Crippen LogP contribution < -0.4 is 10.8 Å². The smallest absolute Gasteiger partial charge is 0.431 e. The summed E-state index contributed by atoms with van der Waals surface area (Å²) in [6, 6.07) is 15.5. The van der Waals surface area contributed by atoms with Crippen molar-refractivity contribution in [1.82, 2.24) is 20.3 Å². The number of imidazole rings is 1. The minimum absolute atomic E-state index is 0.117. The number of nitrogens with one attached hydrogen (secondary N) is 2. The molecule has 3 aromatic rings. The van der Waals surface area contributed by atoms with Gasteiger partial charge in [0.25, 0.3) is 5.91 Å². The minimum atomic E-state index is -1.14. The number of amides is 2. The fourth-order valence-corrected chi connectivity index (χ4v) is 4.44. The number of carbonyl (C=O) groups excluding carboxylic acids is 4. The highest BCUT2D eigenvalue weighted by molar-refractivity contribution is 5.93. The zero-order valence-electron chi connectivity index (χ0n) is 25.4. The molecule has 12 heteroatoms. The van der Waals surface area contributed by atoms with Crippen molar-refractivity contribution in [2.24, 2.45) is 0 Å². The summed E-state index contributed by atoms with van der Waals surface area (Å²) in [4.78, 5) is 54.2. The molecule has 3 rings (SSSR count). The third kappa shape index (κ3) is 10.5. The molecule has 0 aliphatic carbocycles. The summed E-state index contributed by atoms with van der Waals surface area (Å²) in [6.45, 7) is 7.13. The number of rotatable bonds is 15. The second-order valence-corrected chi connectivity index (χ2v) is 10.6. The molecule has 3 N–H and O–H groups in total. The molecule has 2 aromatic carbocycles. The monoisotopic (exact) mass is 608 g/mol. The van der Waals surface area contributed by atoms with Crippen LogP contribution in [0.1, 0.15) is 84.8 Å². The number of esters is 1. The summed E-state index contributed by atoms with van der Waals surface area (Å²) in [5.41, 5.74) is 3.94. The van der Waals surface area contributed by atoms with Crippen LogP contribution in [0, 0.1) is 0 Å². The summed E-state index contributed by atoms with van der Waals surface area (Å²) in [6.07, 6.45) is 1.82. The van der Waals surface area contributed by atoms with Gasteiger partial charge in [0, 0.05) is 32.4 Å². The molecule has 0 aliphatic heterocycles. The van der Waals surface area contributed by atoms with E-state index in [-0.39, 0.29) is 18.1 Å². The van der Waals surface area contributed by atoms with Gasteiger partial charge < -0.3 is 24.1 Å². The molecular formula is C32H40N4O8. The molecule has 12 nitrogen and oxygen atoms in total. The van der Waals surface area contributed by atoms with Gasteiger partial charge in [0.15, 0.2) is 0 Å². The Labute approximate surface area is 256 Å². The van der Waals surface area contributed by atoms with Gasteiger partial charge in [-0.05, 0) is 49.9 Å². The standard InChI is InChI=1S/C32H40N4O8/c1-5-6-12-28-33-19-27(30(38)34-26(18-29(37)35-41)17-23-10-8-7-9-11-23)36(28)20-24-13-15-25(16-14-24)31(39)43-22(4)44-32(40)42-21(2)3/h7-11,13-16,19,21-22,26,41H,5-6,12,17-18,20H2,1-4H3,(H,34,38)(H,35,37). The normalized spacial score (nSPS) is 12.2. The van der Waals surface area contributed by atoms with Crippen molar-refractivity contribution in [1.29, 1.82) is 0 Å². The number of carbonyl (C=O) groups is 4. The topological polar surface area (TPSA) is 158 Å². The van der Waals surface area contributed by atoms with Crippen molar-refractivity contribution in [2.75, 3.05) is 0 Å². The van der Waals surface area contributed by atoms with E-state index in [2.05, 4.69) is 17.2 Å². The maximum atomic E-state index is 13.5. The fourth-order valence-electron chi connectivity index (χ4n) is 4.44. The van der Waals surface area contributed by atoms with Crippen molar-refractivity contribution < 1.29 is 38.6 Å². The Morgan fingerprint density at radius 3 is 2.27 bits per heavy atom. The predicted molar refractivity (Wildman–Crippen MR) is 160 cm³/mol. The molecule has 0 radical (unpaired) electrons. The van der Waals surface area contributed by atoms with Gasteiger partial charge in [-0.15, -0.1) is 0 Å². The van der Waals surface area contributed by atoms with E-state index in [1.54, 1.807) is 43.6 Å². The van der Waals surface area contributed by atoms with Crippen LogP contribution in [0.2, 0.25) is 0 Å². The van der Waals surface area contributed by atoms with Gasteiger partial charge in [0.1, 0.15) is 11.5 Å².